The molecule has 1 unspecified atom stereocenters. The molecule has 5 nitrogen and oxygen atoms in total. The van der Waals surface area contributed by atoms with E-state index in [1.165, 1.54) is 41.7 Å². The minimum Gasteiger partial charge on any atom is -0.339 e. The number of piperazine rings is 1. The van der Waals surface area contributed by atoms with E-state index in [1.54, 1.807) is 0 Å². The number of thiophene rings is 1. The molecule has 3 aliphatic rings. The van der Waals surface area contributed by atoms with E-state index in [0.29, 0.717) is 39.1 Å². The summed E-state index contributed by atoms with van der Waals surface area (Å²) < 4.78 is 0. The number of carbonyl (C=O) groups excluding carboxylic acids is 2. The minimum atomic E-state index is 0.142. The van der Waals surface area contributed by atoms with Crippen molar-refractivity contribution in [2.75, 3.05) is 39.3 Å². The molecule has 33 heavy (non-hydrogen) atoms. The molecule has 2 fully saturated rings. The Labute approximate surface area is 201 Å². The van der Waals surface area contributed by atoms with Gasteiger partial charge in [-0.25, -0.2) is 0 Å². The molecule has 0 bridgehead atoms. The SMILES string of the molecule is O=C(CCC1CCCC1)N1CCN(C(=O)CN2CCc3sccc3C2c2ccccc2)CC1. The van der Waals surface area contributed by atoms with Crippen molar-refractivity contribution >= 4 is 23.2 Å². The molecule has 1 aromatic heterocycles. The molecule has 6 heteroatoms. The lowest BCUT2D eigenvalue weighted by atomic mass is 9.93. The third-order valence-electron chi connectivity index (χ3n) is 7.75. The van der Waals surface area contributed by atoms with Crippen LogP contribution in [0.1, 0.15) is 60.6 Å². The number of amides is 2. The van der Waals surface area contributed by atoms with Crippen molar-refractivity contribution in [1.29, 1.82) is 0 Å². The molecule has 3 heterocycles. The van der Waals surface area contributed by atoms with E-state index >= 15 is 0 Å². The van der Waals surface area contributed by atoms with Crippen LogP contribution >= 0.6 is 11.3 Å². The van der Waals surface area contributed by atoms with Crippen molar-refractivity contribution in [3.8, 4) is 0 Å². The summed E-state index contributed by atoms with van der Waals surface area (Å²) in [5, 5.41) is 2.18. The normalized spacial score (nSPS) is 21.9. The van der Waals surface area contributed by atoms with Crippen LogP contribution < -0.4 is 0 Å². The standard InChI is InChI=1S/C27H35N3O2S/c31-25(11-10-21-6-4-5-7-21)28-15-17-29(18-16-28)26(32)20-30-14-12-24-23(13-19-33-24)27(30)22-8-2-1-3-9-22/h1-3,8-9,13,19,21,27H,4-7,10-12,14-18,20H2. The van der Waals surface area contributed by atoms with Crippen molar-refractivity contribution in [2.45, 2.75) is 51.0 Å². The predicted molar refractivity (Wildman–Crippen MR) is 132 cm³/mol. The Kier molecular flexibility index (Phi) is 7.12. The van der Waals surface area contributed by atoms with Gasteiger partial charge in [-0.3, -0.25) is 14.5 Å². The second-order valence-electron chi connectivity index (χ2n) is 9.78. The molecule has 176 valence electrons. The molecule has 1 aliphatic carbocycles. The van der Waals surface area contributed by atoms with Crippen LogP contribution in [0.3, 0.4) is 0 Å². The summed E-state index contributed by atoms with van der Waals surface area (Å²) in [5.41, 5.74) is 2.60. The number of hydrogen-bond donors (Lipinski definition) is 0. The van der Waals surface area contributed by atoms with Crippen LogP contribution in [0.4, 0.5) is 0 Å². The maximum atomic E-state index is 13.3. The van der Waals surface area contributed by atoms with Gasteiger partial charge in [-0.2, -0.15) is 0 Å². The summed E-state index contributed by atoms with van der Waals surface area (Å²) in [6.07, 6.45) is 7.97. The zero-order valence-electron chi connectivity index (χ0n) is 19.5. The molecular weight excluding hydrogens is 430 g/mol. The van der Waals surface area contributed by atoms with Crippen molar-refractivity contribution in [1.82, 2.24) is 14.7 Å². The number of fused-ring (bicyclic) bond motifs is 1. The molecule has 2 aliphatic heterocycles. The Morgan fingerprint density at radius 2 is 1.58 bits per heavy atom. The number of benzene rings is 1. The zero-order valence-corrected chi connectivity index (χ0v) is 20.3. The maximum absolute atomic E-state index is 13.3. The molecule has 1 saturated heterocycles. The average molecular weight is 466 g/mol. The van der Waals surface area contributed by atoms with Gasteiger partial charge in [0.1, 0.15) is 0 Å². The van der Waals surface area contributed by atoms with E-state index in [9.17, 15) is 9.59 Å². The second-order valence-corrected chi connectivity index (χ2v) is 10.8. The first-order chi connectivity index (χ1) is 16.2. The summed E-state index contributed by atoms with van der Waals surface area (Å²) in [6.45, 7) is 3.99. The van der Waals surface area contributed by atoms with Gasteiger partial charge in [-0.05, 0) is 41.3 Å². The Morgan fingerprint density at radius 1 is 0.879 bits per heavy atom. The van der Waals surface area contributed by atoms with Gasteiger partial charge in [0.25, 0.3) is 0 Å². The summed E-state index contributed by atoms with van der Waals surface area (Å²) in [7, 11) is 0. The van der Waals surface area contributed by atoms with Crippen molar-refractivity contribution < 1.29 is 9.59 Å². The molecular formula is C27H35N3O2S. The predicted octanol–water partition coefficient (Wildman–Crippen LogP) is 4.34. The highest BCUT2D eigenvalue weighted by atomic mass is 32.1. The first-order valence-corrected chi connectivity index (χ1v) is 13.5. The largest absolute Gasteiger partial charge is 0.339 e. The molecule has 0 N–H and O–H groups in total. The lowest BCUT2D eigenvalue weighted by molar-refractivity contribution is -0.140. The highest BCUT2D eigenvalue weighted by Crippen LogP contribution is 2.37. The third kappa shape index (κ3) is 5.17. The number of hydrogen-bond acceptors (Lipinski definition) is 4. The first kappa shape index (κ1) is 22.6. The van der Waals surface area contributed by atoms with Crippen molar-refractivity contribution in [3.05, 3.63) is 57.8 Å². The quantitative estimate of drug-likeness (QED) is 0.638. The van der Waals surface area contributed by atoms with Gasteiger partial charge in [0.15, 0.2) is 0 Å². The van der Waals surface area contributed by atoms with Crippen molar-refractivity contribution in [3.63, 3.8) is 0 Å². The van der Waals surface area contributed by atoms with E-state index in [1.807, 2.05) is 27.2 Å². The number of carbonyl (C=O) groups is 2. The van der Waals surface area contributed by atoms with Gasteiger partial charge in [0.2, 0.25) is 11.8 Å². The van der Waals surface area contributed by atoms with E-state index in [4.69, 9.17) is 0 Å². The van der Waals surface area contributed by atoms with Gasteiger partial charge < -0.3 is 9.80 Å². The summed E-state index contributed by atoms with van der Waals surface area (Å²) in [5.74, 6) is 1.22. The number of rotatable bonds is 6. The van der Waals surface area contributed by atoms with Crippen LogP contribution in [0.5, 0.6) is 0 Å². The van der Waals surface area contributed by atoms with Crippen LogP contribution in [0.25, 0.3) is 0 Å². The molecule has 2 amide bonds. The topological polar surface area (TPSA) is 43.9 Å². The van der Waals surface area contributed by atoms with E-state index in [2.05, 4.69) is 40.6 Å². The lowest BCUT2D eigenvalue weighted by Gasteiger charge is -2.39. The fourth-order valence-electron chi connectivity index (χ4n) is 5.83. The second kappa shape index (κ2) is 10.4. The lowest BCUT2D eigenvalue weighted by Crippen LogP contribution is -2.53. The molecule has 1 atom stereocenters. The van der Waals surface area contributed by atoms with Gasteiger partial charge in [-0.15, -0.1) is 11.3 Å². The smallest absolute Gasteiger partial charge is 0.236 e. The molecule has 2 aromatic rings. The Hall–Kier alpha value is -2.18. The van der Waals surface area contributed by atoms with Crippen molar-refractivity contribution in [2.24, 2.45) is 5.92 Å². The summed E-state index contributed by atoms with van der Waals surface area (Å²) in [6, 6.07) is 12.9. The van der Waals surface area contributed by atoms with Crippen LogP contribution in [0.2, 0.25) is 0 Å². The monoisotopic (exact) mass is 465 g/mol. The van der Waals surface area contributed by atoms with Gasteiger partial charge in [0.05, 0.1) is 12.6 Å². The highest BCUT2D eigenvalue weighted by molar-refractivity contribution is 7.10. The Balaban J connectivity index is 1.16. The van der Waals surface area contributed by atoms with Gasteiger partial charge in [-0.1, -0.05) is 56.0 Å². The maximum Gasteiger partial charge on any atom is 0.236 e. The van der Waals surface area contributed by atoms with Crippen LogP contribution in [-0.4, -0.2) is 65.8 Å². The van der Waals surface area contributed by atoms with E-state index in [-0.39, 0.29) is 17.9 Å². The molecule has 1 aromatic carbocycles. The van der Waals surface area contributed by atoms with E-state index < -0.39 is 0 Å². The molecule has 0 radical (unpaired) electrons. The summed E-state index contributed by atoms with van der Waals surface area (Å²) in [4.78, 5) is 33.6. The summed E-state index contributed by atoms with van der Waals surface area (Å²) >= 11 is 1.83. The van der Waals surface area contributed by atoms with Crippen LogP contribution in [-0.2, 0) is 16.0 Å². The molecule has 5 rings (SSSR count). The Morgan fingerprint density at radius 3 is 2.30 bits per heavy atom. The third-order valence-corrected chi connectivity index (χ3v) is 8.74. The van der Waals surface area contributed by atoms with Gasteiger partial charge >= 0.3 is 0 Å². The fraction of sp³-hybridized carbons (Fsp3) is 0.556. The minimum absolute atomic E-state index is 0.142. The fourth-order valence-corrected chi connectivity index (χ4v) is 6.73. The molecule has 0 spiro atoms. The van der Waals surface area contributed by atoms with Crippen LogP contribution in [0, 0.1) is 5.92 Å². The van der Waals surface area contributed by atoms with Gasteiger partial charge in [0, 0.05) is 44.0 Å². The average Bonchev–Trinajstić information content (AvgIpc) is 3.55. The Bertz CT molecular complexity index is 945. The zero-order chi connectivity index (χ0) is 22.6. The number of nitrogens with zero attached hydrogens (tertiary/aromatic N) is 3. The van der Waals surface area contributed by atoms with Crippen LogP contribution in [0.15, 0.2) is 41.8 Å². The first-order valence-electron chi connectivity index (χ1n) is 12.6. The molecule has 1 saturated carbocycles. The van der Waals surface area contributed by atoms with E-state index in [0.717, 1.165) is 25.3 Å². The highest BCUT2D eigenvalue weighted by Gasteiger charge is 2.33.